The van der Waals surface area contributed by atoms with E-state index in [9.17, 15) is 19.2 Å². The number of nitrogens with one attached hydrogen (secondary N) is 2. The maximum absolute atomic E-state index is 14.3. The van der Waals surface area contributed by atoms with E-state index >= 15 is 0 Å². The number of carbonyl (C=O) groups is 2. The van der Waals surface area contributed by atoms with Crippen molar-refractivity contribution >= 4 is 45.6 Å². The van der Waals surface area contributed by atoms with Crippen molar-refractivity contribution < 1.29 is 19.1 Å². The summed E-state index contributed by atoms with van der Waals surface area (Å²) >= 11 is 0. The molecule has 1 amide bonds. The maximum atomic E-state index is 14.3. The number of allylic oxidation sites excluding steroid dienone is 2. The molecule has 1 aliphatic heterocycles. The first-order valence-corrected chi connectivity index (χ1v) is 16.0. The van der Waals surface area contributed by atoms with Crippen LogP contribution in [0.25, 0.3) is 21.9 Å². The molecule has 0 saturated carbocycles. The highest BCUT2D eigenvalue weighted by Gasteiger charge is 2.29. The number of fused-ring (bicyclic) bond motifs is 2. The average molecular weight is 661 g/mol. The van der Waals surface area contributed by atoms with Crippen LogP contribution in [-0.2, 0) is 34.4 Å². The maximum Gasteiger partial charge on any atom is 0.407 e. The first-order valence-electron chi connectivity index (χ1n) is 16.0. The Balaban J connectivity index is 1.56. The van der Waals surface area contributed by atoms with Gasteiger partial charge in [-0.25, -0.2) is 9.59 Å². The number of anilines is 2. The van der Waals surface area contributed by atoms with Crippen LogP contribution < -0.4 is 26.8 Å². The number of hydrogen-bond donors (Lipinski definition) is 2. The van der Waals surface area contributed by atoms with E-state index in [4.69, 9.17) is 14.5 Å². The number of aromatic nitrogens is 5. The molecule has 0 spiro atoms. The Morgan fingerprint density at radius 3 is 2.58 bits per heavy atom. The van der Waals surface area contributed by atoms with Crippen LogP contribution in [0.4, 0.5) is 16.4 Å². The summed E-state index contributed by atoms with van der Waals surface area (Å²) in [5.41, 5.74) is 1.24. The molecule has 1 saturated heterocycles. The Hall–Kier alpha value is -5.14. The topological polar surface area (TPSA) is 155 Å². The molecule has 1 atom stereocenters. The number of carbonyl (C=O) groups excluding carboxylic acids is 2. The van der Waals surface area contributed by atoms with Gasteiger partial charge >= 0.3 is 17.8 Å². The van der Waals surface area contributed by atoms with Gasteiger partial charge in [0.2, 0.25) is 5.95 Å². The highest BCUT2D eigenvalue weighted by Crippen LogP contribution is 2.27. The Bertz CT molecular complexity index is 2000. The number of benzene rings is 1. The number of aryl methyl sites for hydroxylation is 1. The third-order valence-corrected chi connectivity index (χ3v) is 8.17. The number of ether oxygens (including phenoxy) is 2. The Morgan fingerprint density at radius 2 is 1.88 bits per heavy atom. The summed E-state index contributed by atoms with van der Waals surface area (Å²) in [5, 5.41) is 7.58. The Labute approximate surface area is 278 Å². The van der Waals surface area contributed by atoms with Crippen LogP contribution in [0.2, 0.25) is 0 Å². The van der Waals surface area contributed by atoms with Gasteiger partial charge in [0.1, 0.15) is 12.1 Å². The van der Waals surface area contributed by atoms with E-state index in [0.717, 1.165) is 29.2 Å². The van der Waals surface area contributed by atoms with Crippen molar-refractivity contribution in [3.8, 4) is 0 Å². The number of amides is 1. The number of hydrogen-bond acceptors (Lipinski definition) is 10. The normalized spacial score (nSPS) is 15.0. The van der Waals surface area contributed by atoms with Gasteiger partial charge in [-0.2, -0.15) is 4.98 Å². The molecular weight excluding hydrogens is 616 g/mol. The predicted octanol–water partition coefficient (Wildman–Crippen LogP) is 3.54. The van der Waals surface area contributed by atoms with Crippen molar-refractivity contribution in [3.63, 3.8) is 0 Å². The molecule has 48 heavy (non-hydrogen) atoms. The fraction of sp³-hybridized carbons (Fsp3) is 0.471. The van der Waals surface area contributed by atoms with E-state index in [2.05, 4.69) is 15.6 Å². The van der Waals surface area contributed by atoms with Crippen molar-refractivity contribution in [2.75, 3.05) is 37.0 Å². The standard InChI is InChI=1S/C34H44N8O6/c1-21(2)14-17-41-28-29(38-31(41)40-16-9-10-22(19-40)37-32(45)48-34(3,4)5)39(6)33(46)42(30(28)44)20-26-23-11-8-12-25(24(23)13-15-35-26)36-18-27(43)47-7/h8,11-15,22,36H,9-10,16-20H2,1-7H3,(H,37,45). The van der Waals surface area contributed by atoms with Gasteiger partial charge in [0.05, 0.1) is 19.3 Å². The van der Waals surface area contributed by atoms with Crippen molar-refractivity contribution in [2.45, 2.75) is 72.2 Å². The van der Waals surface area contributed by atoms with Crippen LogP contribution >= 0.6 is 0 Å². The minimum atomic E-state index is -0.618. The third-order valence-electron chi connectivity index (χ3n) is 8.17. The molecule has 0 bridgehead atoms. The van der Waals surface area contributed by atoms with Crippen molar-refractivity contribution in [2.24, 2.45) is 7.05 Å². The molecule has 0 aliphatic carbocycles. The number of alkyl carbamates (subject to hydrolysis) is 1. The molecule has 2 N–H and O–H groups in total. The number of imidazole rings is 1. The van der Waals surface area contributed by atoms with E-state index in [1.54, 1.807) is 13.2 Å². The average Bonchev–Trinajstić information content (AvgIpc) is 3.42. The molecule has 4 heterocycles. The van der Waals surface area contributed by atoms with Gasteiger partial charge in [0.15, 0.2) is 11.2 Å². The van der Waals surface area contributed by atoms with Gasteiger partial charge in [-0.3, -0.25) is 23.7 Å². The van der Waals surface area contributed by atoms with E-state index in [1.165, 1.54) is 16.2 Å². The van der Waals surface area contributed by atoms with E-state index in [0.29, 0.717) is 42.5 Å². The van der Waals surface area contributed by atoms with Crippen molar-refractivity contribution in [3.05, 3.63) is 68.6 Å². The second-order valence-electron chi connectivity index (χ2n) is 13.2. The molecule has 1 aliphatic rings. The number of pyridine rings is 1. The van der Waals surface area contributed by atoms with E-state index in [1.807, 2.05) is 74.4 Å². The minimum Gasteiger partial charge on any atom is -0.468 e. The lowest BCUT2D eigenvalue weighted by molar-refractivity contribution is -0.138. The summed E-state index contributed by atoms with van der Waals surface area (Å²) in [7, 11) is 2.93. The quantitative estimate of drug-likeness (QED) is 0.201. The van der Waals surface area contributed by atoms with Gasteiger partial charge in [-0.05, 0) is 59.6 Å². The number of rotatable bonds is 9. The van der Waals surface area contributed by atoms with E-state index in [-0.39, 0.29) is 24.8 Å². The Morgan fingerprint density at radius 1 is 1.10 bits per heavy atom. The molecule has 4 aromatic rings. The highest BCUT2D eigenvalue weighted by atomic mass is 16.6. The van der Waals surface area contributed by atoms with Crippen LogP contribution in [0, 0.1) is 0 Å². The molecule has 14 nitrogen and oxygen atoms in total. The number of nitrogens with zero attached hydrogens (tertiary/aromatic N) is 6. The highest BCUT2D eigenvalue weighted by molar-refractivity contribution is 5.96. The van der Waals surface area contributed by atoms with Gasteiger partial charge in [0, 0.05) is 55.4 Å². The zero-order chi connectivity index (χ0) is 34.7. The van der Waals surface area contributed by atoms with Crippen LogP contribution in [0.15, 0.2) is 51.7 Å². The fourth-order valence-corrected chi connectivity index (χ4v) is 5.88. The molecule has 1 unspecified atom stereocenters. The summed E-state index contributed by atoms with van der Waals surface area (Å²) in [5.74, 6) is 0.140. The zero-order valence-corrected chi connectivity index (χ0v) is 28.6. The molecule has 5 rings (SSSR count). The molecule has 14 heteroatoms. The lowest BCUT2D eigenvalue weighted by atomic mass is 10.1. The molecule has 256 valence electrons. The summed E-state index contributed by atoms with van der Waals surface area (Å²) < 4.78 is 14.7. The first-order chi connectivity index (χ1) is 22.8. The molecule has 0 radical (unpaired) electrons. The molecule has 1 fully saturated rings. The SMILES string of the molecule is COC(=O)CNc1cccc2c(Cn3c(=O)c4c(nc(N5CCCC(NC(=O)OC(C)(C)C)C5)n4CC=C(C)C)n(C)c3=O)nccc12. The lowest BCUT2D eigenvalue weighted by Crippen LogP contribution is -2.49. The largest absolute Gasteiger partial charge is 0.468 e. The smallest absolute Gasteiger partial charge is 0.407 e. The van der Waals surface area contributed by atoms with Gasteiger partial charge in [0.25, 0.3) is 5.56 Å². The van der Waals surface area contributed by atoms with Gasteiger partial charge < -0.3 is 29.6 Å². The Kier molecular flexibility index (Phi) is 9.92. The second kappa shape index (κ2) is 13.9. The monoisotopic (exact) mass is 660 g/mol. The van der Waals surface area contributed by atoms with E-state index < -0.39 is 28.9 Å². The molecule has 3 aromatic heterocycles. The lowest BCUT2D eigenvalue weighted by Gasteiger charge is -2.34. The molecular formula is C34H44N8O6. The van der Waals surface area contributed by atoms with Crippen LogP contribution in [0.3, 0.4) is 0 Å². The van der Waals surface area contributed by atoms with Crippen LogP contribution in [0.1, 0.15) is 53.2 Å². The van der Waals surface area contributed by atoms with Crippen LogP contribution in [0.5, 0.6) is 0 Å². The minimum absolute atomic E-state index is 0.0171. The summed E-state index contributed by atoms with van der Waals surface area (Å²) in [6.45, 7) is 10.8. The van der Waals surface area contributed by atoms with Gasteiger partial charge in [-0.1, -0.05) is 23.8 Å². The predicted molar refractivity (Wildman–Crippen MR) is 185 cm³/mol. The first kappa shape index (κ1) is 34.2. The van der Waals surface area contributed by atoms with Crippen molar-refractivity contribution in [1.29, 1.82) is 0 Å². The van der Waals surface area contributed by atoms with Gasteiger partial charge in [-0.15, -0.1) is 0 Å². The van der Waals surface area contributed by atoms with Crippen molar-refractivity contribution in [1.82, 2.24) is 29.0 Å². The zero-order valence-electron chi connectivity index (χ0n) is 28.6. The third kappa shape index (κ3) is 7.37. The summed E-state index contributed by atoms with van der Waals surface area (Å²) in [6, 6.07) is 7.15. The fourth-order valence-electron chi connectivity index (χ4n) is 5.88. The summed E-state index contributed by atoms with van der Waals surface area (Å²) in [6.07, 6.45) is 4.71. The van der Waals surface area contributed by atoms with Crippen LogP contribution in [-0.4, -0.2) is 74.1 Å². The number of esters is 1. The number of piperidine rings is 1. The number of methoxy groups -OCH3 is 1. The molecule has 1 aromatic carbocycles. The summed E-state index contributed by atoms with van der Waals surface area (Å²) in [4.78, 5) is 63.8. The second-order valence-corrected chi connectivity index (χ2v) is 13.2.